The van der Waals surface area contributed by atoms with E-state index in [0.29, 0.717) is 11.8 Å². The van der Waals surface area contributed by atoms with Crippen LogP contribution in [0.3, 0.4) is 0 Å². The first-order chi connectivity index (χ1) is 11.9. The Hall–Kier alpha value is -3.35. The van der Waals surface area contributed by atoms with Crippen LogP contribution in [0.25, 0.3) is 11.0 Å². The lowest BCUT2D eigenvalue weighted by molar-refractivity contribution is -0.130. The van der Waals surface area contributed by atoms with Crippen molar-refractivity contribution in [3.63, 3.8) is 0 Å². The fourth-order valence-electron chi connectivity index (χ4n) is 1.77. The number of fused-ring (bicyclic) bond motifs is 1. The second-order valence-corrected chi connectivity index (χ2v) is 5.04. The first-order valence-corrected chi connectivity index (χ1v) is 7.32. The zero-order valence-electron chi connectivity index (χ0n) is 13.6. The minimum Gasteiger partial charge on any atom is -0.434 e. The lowest BCUT2D eigenvalue weighted by atomic mass is 10.2. The Kier molecular flexibility index (Phi) is 5.73. The number of hydrogen-bond donors (Lipinski definition) is 0. The lowest BCUT2D eigenvalue weighted by Crippen LogP contribution is -2.14. The average Bonchev–Trinajstić information content (AvgIpc) is 2.55. The van der Waals surface area contributed by atoms with Gasteiger partial charge in [0, 0.05) is 23.1 Å². The van der Waals surface area contributed by atoms with Crippen LogP contribution in [0, 0.1) is 0 Å². The molecule has 0 atom stereocenters. The van der Waals surface area contributed by atoms with Gasteiger partial charge in [-0.3, -0.25) is 0 Å². The second kappa shape index (κ2) is 7.96. The molecule has 0 aliphatic carbocycles. The van der Waals surface area contributed by atoms with Crippen molar-refractivity contribution in [3.8, 4) is 11.5 Å². The predicted molar refractivity (Wildman–Crippen MR) is 89.7 cm³/mol. The molecule has 130 valence electrons. The van der Waals surface area contributed by atoms with E-state index >= 15 is 0 Å². The summed E-state index contributed by atoms with van der Waals surface area (Å²) in [5, 5.41) is 0.483. The maximum absolute atomic E-state index is 11.8. The molecule has 0 aliphatic heterocycles. The molecule has 0 spiro atoms. The smallest absolute Gasteiger partial charge is 0.434 e. The molecule has 1 heterocycles. The zero-order valence-corrected chi connectivity index (χ0v) is 13.6. The number of benzene rings is 1. The summed E-state index contributed by atoms with van der Waals surface area (Å²) < 4.78 is 20.1. The highest BCUT2D eigenvalue weighted by Crippen LogP contribution is 2.33. The molecule has 0 bridgehead atoms. The number of carbonyl (C=O) groups is 2. The SMILES string of the molecule is C=CCCOC(=O)Oc1cc2oc(=O)ccc2cc1OC(=O)C(=C)C. The molecule has 0 fully saturated rings. The first-order valence-electron chi connectivity index (χ1n) is 7.32. The molecule has 7 heteroatoms. The molecule has 0 saturated carbocycles. The van der Waals surface area contributed by atoms with Crippen molar-refractivity contribution in [1.29, 1.82) is 0 Å². The van der Waals surface area contributed by atoms with Crippen molar-refractivity contribution in [3.05, 3.63) is 59.5 Å². The summed E-state index contributed by atoms with van der Waals surface area (Å²) >= 11 is 0. The van der Waals surface area contributed by atoms with E-state index in [4.69, 9.17) is 18.6 Å². The molecule has 0 aliphatic rings. The fraction of sp³-hybridized carbons (Fsp3) is 0.167. The highest BCUT2D eigenvalue weighted by molar-refractivity contribution is 5.90. The molecule has 0 saturated heterocycles. The predicted octanol–water partition coefficient (Wildman–Crippen LogP) is 3.37. The zero-order chi connectivity index (χ0) is 18.4. The van der Waals surface area contributed by atoms with Crippen LogP contribution >= 0.6 is 0 Å². The van der Waals surface area contributed by atoms with Gasteiger partial charge >= 0.3 is 17.8 Å². The molecule has 2 aromatic rings. The average molecular weight is 344 g/mol. The third kappa shape index (κ3) is 4.81. The molecule has 2 rings (SSSR count). The Bertz CT molecular complexity index is 892. The summed E-state index contributed by atoms with van der Waals surface area (Å²) in [4.78, 5) is 34.8. The number of esters is 1. The highest BCUT2D eigenvalue weighted by atomic mass is 16.7. The normalized spacial score (nSPS) is 10.1. The van der Waals surface area contributed by atoms with Crippen LogP contribution in [-0.2, 0) is 9.53 Å². The van der Waals surface area contributed by atoms with Gasteiger partial charge in [-0.25, -0.2) is 14.4 Å². The summed E-state index contributed by atoms with van der Waals surface area (Å²) in [5.74, 6) is -0.850. The van der Waals surface area contributed by atoms with E-state index in [1.165, 1.54) is 31.2 Å². The molecule has 1 aromatic carbocycles. The van der Waals surface area contributed by atoms with Gasteiger partial charge in [-0.1, -0.05) is 12.7 Å². The third-order valence-corrected chi connectivity index (χ3v) is 2.97. The van der Waals surface area contributed by atoms with Crippen LogP contribution in [-0.4, -0.2) is 18.7 Å². The summed E-state index contributed by atoms with van der Waals surface area (Å²) in [6.45, 7) is 8.56. The molecular weight excluding hydrogens is 328 g/mol. The molecule has 0 N–H and O–H groups in total. The minimum atomic E-state index is -0.993. The van der Waals surface area contributed by atoms with Crippen molar-refractivity contribution >= 4 is 23.1 Å². The van der Waals surface area contributed by atoms with E-state index in [-0.39, 0.29) is 29.3 Å². The van der Waals surface area contributed by atoms with Gasteiger partial charge in [0.1, 0.15) is 5.58 Å². The Labute approximate surface area is 143 Å². The standard InChI is InChI=1S/C18H16O7/c1-4-5-8-22-18(21)25-15-10-13-12(6-7-16(19)23-13)9-14(15)24-17(20)11(2)3/h4,6-7,9-10H,1-2,5,8H2,3H3. The Morgan fingerprint density at radius 2 is 1.92 bits per heavy atom. The van der Waals surface area contributed by atoms with E-state index < -0.39 is 17.8 Å². The molecule has 7 nitrogen and oxygen atoms in total. The quantitative estimate of drug-likeness (QED) is 0.151. The van der Waals surface area contributed by atoms with Gasteiger partial charge in [-0.15, -0.1) is 6.58 Å². The van der Waals surface area contributed by atoms with Crippen LogP contribution in [0.5, 0.6) is 11.5 Å². The van der Waals surface area contributed by atoms with E-state index in [0.717, 1.165) is 0 Å². The maximum Gasteiger partial charge on any atom is 0.513 e. The van der Waals surface area contributed by atoms with Gasteiger partial charge in [-0.05, 0) is 25.5 Å². The van der Waals surface area contributed by atoms with Crippen molar-refractivity contribution in [2.24, 2.45) is 0 Å². The van der Waals surface area contributed by atoms with Crippen LogP contribution in [0.2, 0.25) is 0 Å². The first kappa shape index (κ1) is 18.0. The van der Waals surface area contributed by atoms with Crippen molar-refractivity contribution in [2.45, 2.75) is 13.3 Å². The number of ether oxygens (including phenoxy) is 3. The summed E-state index contributed by atoms with van der Waals surface area (Å²) in [5.41, 5.74) is -0.241. The number of carbonyl (C=O) groups excluding carboxylic acids is 2. The number of rotatable bonds is 6. The van der Waals surface area contributed by atoms with Crippen molar-refractivity contribution in [1.82, 2.24) is 0 Å². The van der Waals surface area contributed by atoms with Gasteiger partial charge in [0.25, 0.3) is 0 Å². The van der Waals surface area contributed by atoms with Gasteiger partial charge in [0.05, 0.1) is 6.61 Å². The summed E-state index contributed by atoms with van der Waals surface area (Å²) in [6, 6.07) is 5.39. The van der Waals surface area contributed by atoms with Gasteiger partial charge in [0.15, 0.2) is 11.5 Å². The topological polar surface area (TPSA) is 92.0 Å². The molecule has 0 radical (unpaired) electrons. The molecule has 0 amide bonds. The minimum absolute atomic E-state index is 0.0324. The molecule has 25 heavy (non-hydrogen) atoms. The van der Waals surface area contributed by atoms with Crippen molar-refractivity contribution in [2.75, 3.05) is 6.61 Å². The fourth-order valence-corrected chi connectivity index (χ4v) is 1.77. The number of hydrogen-bond acceptors (Lipinski definition) is 7. The molecule has 1 aromatic heterocycles. The van der Waals surface area contributed by atoms with Gasteiger partial charge < -0.3 is 18.6 Å². The Balaban J connectivity index is 2.37. The molecular formula is C18H16O7. The summed E-state index contributed by atoms with van der Waals surface area (Å²) in [7, 11) is 0. The van der Waals surface area contributed by atoms with E-state index in [2.05, 4.69) is 13.2 Å². The van der Waals surface area contributed by atoms with Gasteiger partial charge in [0.2, 0.25) is 0 Å². The van der Waals surface area contributed by atoms with Gasteiger partial charge in [-0.2, -0.15) is 0 Å². The second-order valence-electron chi connectivity index (χ2n) is 5.04. The Morgan fingerprint density at radius 1 is 1.20 bits per heavy atom. The van der Waals surface area contributed by atoms with Crippen molar-refractivity contribution < 1.29 is 28.2 Å². The Morgan fingerprint density at radius 3 is 2.60 bits per heavy atom. The van der Waals surface area contributed by atoms with Crippen LogP contribution in [0.15, 0.2) is 58.3 Å². The van der Waals surface area contributed by atoms with E-state index in [9.17, 15) is 14.4 Å². The maximum atomic E-state index is 11.8. The van der Waals surface area contributed by atoms with Crippen LogP contribution in [0.4, 0.5) is 4.79 Å². The van der Waals surface area contributed by atoms with E-state index in [1.54, 1.807) is 6.08 Å². The third-order valence-electron chi connectivity index (χ3n) is 2.97. The highest BCUT2D eigenvalue weighted by Gasteiger charge is 2.17. The lowest BCUT2D eigenvalue weighted by Gasteiger charge is -2.11. The molecule has 0 unspecified atom stereocenters. The monoisotopic (exact) mass is 344 g/mol. The summed E-state index contributed by atoms with van der Waals surface area (Å²) in [6.07, 6.45) is 1.05. The van der Waals surface area contributed by atoms with Crippen LogP contribution < -0.4 is 15.1 Å². The van der Waals surface area contributed by atoms with Crippen LogP contribution in [0.1, 0.15) is 13.3 Å². The van der Waals surface area contributed by atoms with E-state index in [1.807, 2.05) is 0 Å². The largest absolute Gasteiger partial charge is 0.513 e.